The minimum atomic E-state index is -0.270. The maximum Gasteiger partial charge on any atom is 0.293 e. The van der Waals surface area contributed by atoms with Crippen molar-refractivity contribution in [2.75, 3.05) is 6.54 Å². The van der Waals surface area contributed by atoms with E-state index in [1.807, 2.05) is 42.6 Å². The molecule has 0 aliphatic carbocycles. The molecule has 0 spiro atoms. The summed E-state index contributed by atoms with van der Waals surface area (Å²) in [5.74, 6) is -0.270. The molecule has 1 aromatic heterocycles. The van der Waals surface area contributed by atoms with Crippen LogP contribution in [0.25, 0.3) is 17.0 Å². The number of carbonyl (C=O) groups excluding carboxylic acids is 2. The van der Waals surface area contributed by atoms with Crippen LogP contribution in [-0.4, -0.2) is 27.2 Å². The van der Waals surface area contributed by atoms with Crippen molar-refractivity contribution in [3.8, 4) is 0 Å². The number of nitrogens with zero attached hydrogens (tertiary/aromatic N) is 2. The highest BCUT2D eigenvalue weighted by molar-refractivity contribution is 9.10. The van der Waals surface area contributed by atoms with Crippen molar-refractivity contribution in [2.45, 2.75) is 6.54 Å². The summed E-state index contributed by atoms with van der Waals surface area (Å²) in [6, 6.07) is 16.3. The van der Waals surface area contributed by atoms with Crippen LogP contribution in [0.5, 0.6) is 0 Å². The normalized spacial score (nSPS) is 15.8. The summed E-state index contributed by atoms with van der Waals surface area (Å²) >= 11 is 4.50. The third kappa shape index (κ3) is 3.57. The lowest BCUT2D eigenvalue weighted by Gasteiger charge is -2.07. The number of amides is 2. The van der Waals surface area contributed by atoms with Crippen molar-refractivity contribution in [2.24, 2.45) is 0 Å². The van der Waals surface area contributed by atoms with E-state index in [9.17, 15) is 9.59 Å². The monoisotopic (exact) mass is 452 g/mol. The van der Waals surface area contributed by atoms with Crippen molar-refractivity contribution in [3.63, 3.8) is 0 Å². The Labute approximate surface area is 175 Å². The van der Waals surface area contributed by atoms with Crippen LogP contribution in [0.4, 0.5) is 4.79 Å². The zero-order valence-corrected chi connectivity index (χ0v) is 17.4. The second-order valence-electron chi connectivity index (χ2n) is 6.44. The van der Waals surface area contributed by atoms with Gasteiger partial charge in [-0.1, -0.05) is 52.3 Å². The molecule has 0 bridgehead atoms. The second-order valence-corrected chi connectivity index (χ2v) is 8.35. The number of imide groups is 1. The van der Waals surface area contributed by atoms with Crippen molar-refractivity contribution in [1.82, 2.24) is 9.47 Å². The third-order valence-corrected chi connectivity index (χ3v) is 5.94. The topological polar surface area (TPSA) is 42.3 Å². The molecular weight excluding hydrogens is 436 g/mol. The van der Waals surface area contributed by atoms with Crippen molar-refractivity contribution in [3.05, 3.63) is 87.9 Å². The highest BCUT2D eigenvalue weighted by Gasteiger charge is 2.34. The first-order chi connectivity index (χ1) is 13.6. The van der Waals surface area contributed by atoms with Gasteiger partial charge in [0.1, 0.15) is 0 Å². The van der Waals surface area contributed by atoms with Crippen molar-refractivity contribution in [1.29, 1.82) is 0 Å². The summed E-state index contributed by atoms with van der Waals surface area (Å²) in [7, 11) is 0. The number of hydrogen-bond donors (Lipinski definition) is 0. The molecule has 0 N–H and O–H groups in total. The smallest absolute Gasteiger partial charge is 0.293 e. The van der Waals surface area contributed by atoms with Crippen LogP contribution in [0, 0.1) is 0 Å². The molecule has 6 heteroatoms. The molecule has 0 unspecified atom stereocenters. The van der Waals surface area contributed by atoms with E-state index in [1.54, 1.807) is 6.08 Å². The van der Waals surface area contributed by atoms with Gasteiger partial charge in [-0.15, -0.1) is 6.58 Å². The Morgan fingerprint density at radius 2 is 1.89 bits per heavy atom. The van der Waals surface area contributed by atoms with Crippen LogP contribution in [0.2, 0.25) is 0 Å². The average molecular weight is 453 g/mol. The summed E-state index contributed by atoms with van der Waals surface area (Å²) in [6.07, 6.45) is 5.40. The Kier molecular flexibility index (Phi) is 5.24. The van der Waals surface area contributed by atoms with Gasteiger partial charge in [0.15, 0.2) is 0 Å². The zero-order valence-electron chi connectivity index (χ0n) is 15.0. The maximum absolute atomic E-state index is 12.6. The van der Waals surface area contributed by atoms with E-state index in [0.29, 0.717) is 4.91 Å². The van der Waals surface area contributed by atoms with Gasteiger partial charge >= 0.3 is 0 Å². The maximum atomic E-state index is 12.6. The van der Waals surface area contributed by atoms with Gasteiger partial charge < -0.3 is 4.57 Å². The Morgan fingerprint density at radius 1 is 1.11 bits per heavy atom. The minimum absolute atomic E-state index is 0.226. The summed E-state index contributed by atoms with van der Waals surface area (Å²) < 4.78 is 3.13. The van der Waals surface area contributed by atoms with Crippen molar-refractivity contribution < 1.29 is 9.59 Å². The van der Waals surface area contributed by atoms with Crippen molar-refractivity contribution >= 4 is 55.8 Å². The van der Waals surface area contributed by atoms with Gasteiger partial charge in [0.05, 0.1) is 4.91 Å². The number of rotatable bonds is 5. The lowest BCUT2D eigenvalue weighted by molar-refractivity contribution is -0.122. The number of benzene rings is 2. The van der Waals surface area contributed by atoms with Crippen LogP contribution in [0.3, 0.4) is 0 Å². The molecule has 1 aliphatic rings. The Morgan fingerprint density at radius 3 is 2.64 bits per heavy atom. The highest BCUT2D eigenvalue weighted by Crippen LogP contribution is 2.34. The van der Waals surface area contributed by atoms with Gasteiger partial charge in [0, 0.05) is 40.2 Å². The van der Waals surface area contributed by atoms with E-state index in [1.165, 1.54) is 10.5 Å². The predicted molar refractivity (Wildman–Crippen MR) is 118 cm³/mol. The first-order valence-electron chi connectivity index (χ1n) is 8.75. The van der Waals surface area contributed by atoms with E-state index >= 15 is 0 Å². The summed E-state index contributed by atoms with van der Waals surface area (Å²) in [4.78, 5) is 26.3. The first kappa shape index (κ1) is 18.8. The summed E-state index contributed by atoms with van der Waals surface area (Å²) in [6.45, 7) is 4.56. The number of aromatic nitrogens is 1. The van der Waals surface area contributed by atoms with Gasteiger partial charge in [0.2, 0.25) is 0 Å². The van der Waals surface area contributed by atoms with Gasteiger partial charge in [-0.25, -0.2) is 0 Å². The van der Waals surface area contributed by atoms with E-state index in [-0.39, 0.29) is 17.7 Å². The van der Waals surface area contributed by atoms with Gasteiger partial charge in [-0.2, -0.15) is 0 Å². The van der Waals surface area contributed by atoms with Gasteiger partial charge in [-0.3, -0.25) is 14.5 Å². The zero-order chi connectivity index (χ0) is 19.7. The SMILES string of the molecule is C=CCN1C(=O)S/C(=C\c2cn(Cc3ccccc3)c3ccc(Br)cc23)C1=O. The van der Waals surface area contributed by atoms with Crippen LogP contribution < -0.4 is 0 Å². The van der Waals surface area contributed by atoms with E-state index in [0.717, 1.165) is 39.2 Å². The number of hydrogen-bond acceptors (Lipinski definition) is 3. The fraction of sp³-hybridized carbons (Fsp3) is 0.0909. The molecule has 1 aliphatic heterocycles. The first-order valence-corrected chi connectivity index (χ1v) is 10.4. The molecule has 2 aromatic carbocycles. The second kappa shape index (κ2) is 7.81. The lowest BCUT2D eigenvalue weighted by atomic mass is 10.1. The number of halogens is 1. The molecule has 1 saturated heterocycles. The molecule has 28 heavy (non-hydrogen) atoms. The third-order valence-electron chi connectivity index (χ3n) is 4.54. The standard InChI is InChI=1S/C22H17BrN2O2S/c1-2-10-25-21(26)20(28-22(25)27)11-16-14-24(13-15-6-4-3-5-7-15)19-9-8-17(23)12-18(16)19/h2-9,11-12,14H,1,10,13H2/b20-11-. The van der Waals surface area contributed by atoms with E-state index < -0.39 is 0 Å². The average Bonchev–Trinajstić information content (AvgIpc) is 3.15. The molecule has 3 aromatic rings. The number of carbonyl (C=O) groups is 2. The fourth-order valence-corrected chi connectivity index (χ4v) is 4.45. The molecular formula is C22H17BrN2O2S. The molecule has 2 amide bonds. The molecule has 1 fully saturated rings. The predicted octanol–water partition coefficient (Wildman–Crippen LogP) is 5.67. The Balaban J connectivity index is 1.77. The van der Waals surface area contributed by atoms with Gasteiger partial charge in [-0.05, 0) is 41.6 Å². The molecule has 0 radical (unpaired) electrons. The molecule has 0 saturated carbocycles. The quantitative estimate of drug-likeness (QED) is 0.369. The van der Waals surface area contributed by atoms with Gasteiger partial charge in [0.25, 0.3) is 11.1 Å². The molecule has 4 nitrogen and oxygen atoms in total. The van der Waals surface area contributed by atoms with Crippen LogP contribution in [0.15, 0.2) is 76.8 Å². The number of fused-ring (bicyclic) bond motifs is 1. The molecule has 2 heterocycles. The summed E-state index contributed by atoms with van der Waals surface area (Å²) in [5.41, 5.74) is 3.18. The lowest BCUT2D eigenvalue weighted by Crippen LogP contribution is -2.27. The minimum Gasteiger partial charge on any atom is -0.342 e. The Bertz CT molecular complexity index is 1120. The van der Waals surface area contributed by atoms with E-state index in [2.05, 4.69) is 45.3 Å². The number of thioether (sulfide) groups is 1. The summed E-state index contributed by atoms with van der Waals surface area (Å²) in [5, 5.41) is 0.770. The molecule has 0 atom stereocenters. The van der Waals surface area contributed by atoms with E-state index in [4.69, 9.17) is 0 Å². The van der Waals surface area contributed by atoms with Crippen LogP contribution in [-0.2, 0) is 11.3 Å². The van der Waals surface area contributed by atoms with Crippen LogP contribution >= 0.6 is 27.7 Å². The van der Waals surface area contributed by atoms with Crippen LogP contribution in [0.1, 0.15) is 11.1 Å². The highest BCUT2D eigenvalue weighted by atomic mass is 79.9. The molecule has 140 valence electrons. The Hall–Kier alpha value is -2.57. The largest absolute Gasteiger partial charge is 0.342 e. The fourth-order valence-electron chi connectivity index (χ4n) is 3.25. The molecule has 4 rings (SSSR count).